The molecule has 0 aromatic carbocycles. The topological polar surface area (TPSA) is 38.3 Å². The fraction of sp³-hybridized carbons (Fsp3) is 0.750. The quantitative estimate of drug-likeness (QED) is 0.680. The third kappa shape index (κ3) is 4.86. The number of alkyl carbamates (subject to hydrolysis) is 1. The molecule has 0 spiro atoms. The van der Waals surface area contributed by atoms with Crippen LogP contribution < -0.4 is 5.32 Å². The number of carbonyl (C=O) groups is 1. The van der Waals surface area contributed by atoms with Crippen molar-refractivity contribution in [3.8, 4) is 0 Å². The zero-order chi connectivity index (χ0) is 13.3. The minimum atomic E-state index is -1.50. The molecule has 0 radical (unpaired) electrons. The van der Waals surface area contributed by atoms with Gasteiger partial charge in [0.1, 0.15) is 5.60 Å². The highest BCUT2D eigenvalue weighted by atomic mass is 16.6. The van der Waals surface area contributed by atoms with Crippen molar-refractivity contribution >= 4 is 6.09 Å². The predicted molar refractivity (Wildman–Crippen MR) is 60.8 cm³/mol. The van der Waals surface area contributed by atoms with Crippen molar-refractivity contribution in [2.45, 2.75) is 58.6 Å². The van der Waals surface area contributed by atoms with Gasteiger partial charge in [-0.2, -0.15) is 0 Å². The molecule has 1 rings (SSSR count). The Bertz CT molecular complexity index is 332. The minimum Gasteiger partial charge on any atom is -0.444 e. The Morgan fingerprint density at radius 1 is 1.67 bits per heavy atom. The Labute approximate surface area is 94.7 Å². The summed E-state index contributed by atoms with van der Waals surface area (Å²) in [4.78, 5) is 11.6. The highest BCUT2D eigenvalue weighted by molar-refractivity contribution is 5.68. The summed E-state index contributed by atoms with van der Waals surface area (Å²) in [5.41, 5.74) is 0.467. The molecule has 1 aliphatic rings. The molecule has 0 saturated carbocycles. The van der Waals surface area contributed by atoms with Crippen LogP contribution in [0.2, 0.25) is 0 Å². The molecule has 0 bridgehead atoms. The summed E-state index contributed by atoms with van der Waals surface area (Å²) in [5.74, 6) is 0. The maximum absolute atomic E-state index is 11.6. The Morgan fingerprint density at radius 2 is 2.33 bits per heavy atom. The Balaban J connectivity index is 2.61. The number of hydrogen-bond donors (Lipinski definition) is 1. The maximum atomic E-state index is 11.6. The van der Waals surface area contributed by atoms with E-state index < -0.39 is 24.1 Å². The molecule has 0 fully saturated rings. The molecule has 1 amide bonds. The summed E-state index contributed by atoms with van der Waals surface area (Å²) in [6.45, 7) is 7.26. The number of rotatable bonds is 1. The molecular formula is C12H21NO2. The van der Waals surface area contributed by atoms with Gasteiger partial charge in [0.25, 0.3) is 0 Å². The minimum absolute atomic E-state index is 0.513. The Kier molecular flexibility index (Phi) is 2.89. The fourth-order valence-electron chi connectivity index (χ4n) is 1.33. The molecule has 0 aliphatic heterocycles. The van der Waals surface area contributed by atoms with Crippen LogP contribution >= 0.6 is 0 Å². The number of allylic oxidation sites excluding steroid dienone is 1. The van der Waals surface area contributed by atoms with Crippen molar-refractivity contribution in [2.75, 3.05) is 0 Å². The molecule has 1 aliphatic carbocycles. The first-order valence-electron chi connectivity index (χ1n) is 6.28. The second-order valence-electron chi connectivity index (χ2n) is 4.89. The van der Waals surface area contributed by atoms with Gasteiger partial charge in [-0.3, -0.25) is 0 Å². The molecule has 15 heavy (non-hydrogen) atoms. The lowest BCUT2D eigenvalue weighted by Crippen LogP contribution is -2.39. The Morgan fingerprint density at radius 3 is 2.87 bits per heavy atom. The highest BCUT2D eigenvalue weighted by Crippen LogP contribution is 2.17. The van der Waals surface area contributed by atoms with Crippen molar-refractivity contribution in [3.63, 3.8) is 0 Å². The van der Waals surface area contributed by atoms with Crippen LogP contribution in [0.3, 0.4) is 0 Å². The van der Waals surface area contributed by atoms with Gasteiger partial charge in [-0.05, 0) is 46.9 Å². The van der Waals surface area contributed by atoms with Gasteiger partial charge >= 0.3 is 6.09 Å². The molecule has 1 N–H and O–H groups in total. The van der Waals surface area contributed by atoms with Crippen LogP contribution in [0.4, 0.5) is 4.79 Å². The average molecular weight is 213 g/mol. The number of hydrogen-bond acceptors (Lipinski definition) is 2. The van der Waals surface area contributed by atoms with Crippen LogP contribution in [-0.2, 0) is 4.74 Å². The lowest BCUT2D eigenvalue weighted by molar-refractivity contribution is 0.0501. The molecule has 0 unspecified atom stereocenters. The van der Waals surface area contributed by atoms with Crippen LogP contribution in [0.1, 0.15) is 49.7 Å². The predicted octanol–water partition coefficient (Wildman–Crippen LogP) is 3.01. The van der Waals surface area contributed by atoms with Gasteiger partial charge in [0.2, 0.25) is 0 Å². The number of carbonyl (C=O) groups excluding carboxylic acids is 1. The monoisotopic (exact) mass is 213 g/mol. The van der Waals surface area contributed by atoms with Crippen molar-refractivity contribution in [1.82, 2.24) is 5.32 Å². The largest absolute Gasteiger partial charge is 0.444 e. The number of amides is 1. The molecule has 0 aromatic rings. The van der Waals surface area contributed by atoms with Gasteiger partial charge in [-0.15, -0.1) is 0 Å². The maximum Gasteiger partial charge on any atom is 0.407 e. The first-order valence-corrected chi connectivity index (χ1v) is 5.28. The Hall–Kier alpha value is -0.990. The van der Waals surface area contributed by atoms with Gasteiger partial charge < -0.3 is 10.1 Å². The molecule has 0 aromatic heterocycles. The lowest BCUT2D eigenvalue weighted by Gasteiger charge is -2.25. The van der Waals surface area contributed by atoms with Gasteiger partial charge in [-0.1, -0.05) is 11.6 Å². The molecular weight excluding hydrogens is 190 g/mol. The first-order chi connectivity index (χ1) is 7.60. The number of ether oxygens (including phenoxy) is 1. The van der Waals surface area contributed by atoms with Crippen molar-refractivity contribution in [3.05, 3.63) is 11.6 Å². The zero-order valence-electron chi connectivity index (χ0n) is 11.9. The van der Waals surface area contributed by atoms with E-state index >= 15 is 0 Å². The third-order valence-corrected chi connectivity index (χ3v) is 2.05. The first kappa shape index (κ1) is 9.25. The summed E-state index contributed by atoms with van der Waals surface area (Å²) in [5, 5.41) is 2.61. The second kappa shape index (κ2) is 4.69. The zero-order valence-corrected chi connectivity index (χ0v) is 9.89. The van der Waals surface area contributed by atoms with Gasteiger partial charge in [0, 0.05) is 8.78 Å². The summed E-state index contributed by atoms with van der Waals surface area (Å²) >= 11 is 0. The third-order valence-electron chi connectivity index (χ3n) is 2.05. The van der Waals surface area contributed by atoms with E-state index in [9.17, 15) is 4.79 Å². The van der Waals surface area contributed by atoms with E-state index in [2.05, 4.69) is 5.32 Å². The summed E-state index contributed by atoms with van der Waals surface area (Å²) in [6, 6.07) is -0.513. The molecule has 3 nitrogen and oxygen atoms in total. The van der Waals surface area contributed by atoms with Crippen LogP contribution in [0.5, 0.6) is 0 Å². The summed E-state index contributed by atoms with van der Waals surface area (Å²) < 4.78 is 20.8. The molecule has 0 heterocycles. The summed E-state index contributed by atoms with van der Waals surface area (Å²) in [6.07, 6.45) is 0.936. The van der Waals surface area contributed by atoms with Crippen LogP contribution in [0, 0.1) is 0 Å². The number of nitrogens with one attached hydrogen (secondary N) is 1. The van der Waals surface area contributed by atoms with Crippen molar-refractivity contribution in [2.24, 2.45) is 0 Å². The lowest BCUT2D eigenvalue weighted by atomic mass is 9.96. The second-order valence-corrected chi connectivity index (χ2v) is 4.89. The van der Waals surface area contributed by atoms with Crippen LogP contribution in [0.25, 0.3) is 0 Å². The van der Waals surface area contributed by atoms with E-state index in [0.717, 1.165) is 12.0 Å². The summed E-state index contributed by atoms with van der Waals surface area (Å²) in [7, 11) is 0. The van der Waals surface area contributed by atoms with Crippen LogP contribution in [-0.4, -0.2) is 17.7 Å². The molecule has 0 saturated heterocycles. The molecule has 1 atom stereocenters. The molecule has 86 valence electrons. The van der Waals surface area contributed by atoms with Gasteiger partial charge in [-0.25, -0.2) is 4.79 Å². The SMILES string of the molecule is [2H]C1([2H])C=C(C)CC[C@H]1NC(=O)OC(C)(C)C. The van der Waals surface area contributed by atoms with Crippen molar-refractivity contribution in [1.29, 1.82) is 0 Å². The smallest absolute Gasteiger partial charge is 0.407 e. The standard InChI is InChI=1S/C12H21NO2/c1-9-5-7-10(8-6-9)13-11(14)15-12(2,3)4/h5,10H,6-8H2,1-4H3,(H,13,14)/t10-/m0/s1/i7D2. The van der Waals surface area contributed by atoms with E-state index in [4.69, 9.17) is 7.48 Å². The van der Waals surface area contributed by atoms with Crippen LogP contribution in [0.15, 0.2) is 11.6 Å². The fourth-order valence-corrected chi connectivity index (χ4v) is 1.33. The van der Waals surface area contributed by atoms with E-state index in [1.807, 2.05) is 6.92 Å². The highest BCUT2D eigenvalue weighted by Gasteiger charge is 2.20. The van der Waals surface area contributed by atoms with E-state index in [-0.39, 0.29) is 0 Å². The normalized spacial score (nSPS) is 27.2. The molecule has 3 heteroatoms. The van der Waals surface area contributed by atoms with E-state index in [0.29, 0.717) is 6.42 Å². The van der Waals surface area contributed by atoms with Gasteiger partial charge in [0.05, 0.1) is 0 Å². The van der Waals surface area contributed by atoms with Crippen molar-refractivity contribution < 1.29 is 12.3 Å². The van der Waals surface area contributed by atoms with Gasteiger partial charge in [0.15, 0.2) is 0 Å². The van der Waals surface area contributed by atoms with E-state index in [1.165, 1.54) is 0 Å². The van der Waals surface area contributed by atoms with E-state index in [1.54, 1.807) is 26.8 Å². The average Bonchev–Trinajstić information content (AvgIpc) is 2.05.